The van der Waals surface area contributed by atoms with Crippen LogP contribution in [0.5, 0.6) is 0 Å². The van der Waals surface area contributed by atoms with Gasteiger partial charge in [0.25, 0.3) is 0 Å². The van der Waals surface area contributed by atoms with Crippen molar-refractivity contribution in [3.63, 3.8) is 0 Å². The van der Waals surface area contributed by atoms with E-state index in [0.29, 0.717) is 25.9 Å². The van der Waals surface area contributed by atoms with Crippen molar-refractivity contribution in [3.8, 4) is 0 Å². The Balaban J connectivity index is 1.17. The van der Waals surface area contributed by atoms with Crippen LogP contribution in [-0.2, 0) is 23.7 Å². The highest BCUT2D eigenvalue weighted by atomic mass is 16.8. The van der Waals surface area contributed by atoms with Crippen molar-refractivity contribution in [3.05, 3.63) is 11.6 Å². The average molecular weight is 551 g/mol. The molecule has 10 nitrogen and oxygen atoms in total. The van der Waals surface area contributed by atoms with Gasteiger partial charge in [0.05, 0.1) is 30.5 Å². The number of hydrogen-bond acceptors (Lipinski definition) is 10. The number of ether oxygens (including phenoxy) is 4. The Morgan fingerprint density at radius 2 is 1.82 bits per heavy atom. The quantitative estimate of drug-likeness (QED) is 0.251. The third-order valence-corrected chi connectivity index (χ3v) is 12.4. The number of esters is 1. The van der Waals surface area contributed by atoms with Crippen molar-refractivity contribution in [2.75, 3.05) is 19.8 Å². The van der Waals surface area contributed by atoms with Crippen LogP contribution in [0.2, 0.25) is 0 Å². The summed E-state index contributed by atoms with van der Waals surface area (Å²) in [5.41, 5.74) is -0.771. The van der Waals surface area contributed by atoms with Crippen LogP contribution in [0.4, 0.5) is 0 Å². The van der Waals surface area contributed by atoms with Crippen LogP contribution in [0.3, 0.4) is 0 Å². The molecule has 0 radical (unpaired) electrons. The summed E-state index contributed by atoms with van der Waals surface area (Å²) in [6.45, 7) is 2.16. The predicted molar refractivity (Wildman–Crippen MR) is 134 cm³/mol. The van der Waals surface area contributed by atoms with Gasteiger partial charge in [0.1, 0.15) is 12.7 Å². The summed E-state index contributed by atoms with van der Waals surface area (Å²) < 4.78 is 23.4. The van der Waals surface area contributed by atoms with E-state index in [1.165, 1.54) is 0 Å². The van der Waals surface area contributed by atoms with Crippen LogP contribution in [0, 0.1) is 34.5 Å². The number of aliphatic hydroxyl groups is 5. The van der Waals surface area contributed by atoms with E-state index in [0.717, 1.165) is 37.7 Å². The number of cyclic esters (lactones) is 1. The zero-order chi connectivity index (χ0) is 27.4. The molecule has 7 rings (SSSR count). The minimum absolute atomic E-state index is 0.00841. The molecule has 4 aliphatic carbocycles. The van der Waals surface area contributed by atoms with Gasteiger partial charge in [-0.3, -0.25) is 0 Å². The van der Waals surface area contributed by atoms with Crippen LogP contribution in [0.1, 0.15) is 64.7 Å². The lowest BCUT2D eigenvalue weighted by molar-refractivity contribution is -0.460. The Kier molecular flexibility index (Phi) is 6.14. The molecule has 3 aliphatic heterocycles. The van der Waals surface area contributed by atoms with Gasteiger partial charge in [-0.05, 0) is 80.6 Å². The number of aliphatic hydroxyl groups excluding tert-OH is 3. The van der Waals surface area contributed by atoms with Gasteiger partial charge >= 0.3 is 5.97 Å². The molecular formula is C29H42O10. The van der Waals surface area contributed by atoms with E-state index < -0.39 is 41.4 Å². The van der Waals surface area contributed by atoms with Gasteiger partial charge in [0.2, 0.25) is 12.1 Å². The highest BCUT2D eigenvalue weighted by molar-refractivity contribution is 5.85. The summed E-state index contributed by atoms with van der Waals surface area (Å²) in [6.07, 6.45) is 3.58. The molecule has 10 heteroatoms. The first kappa shape index (κ1) is 26.8. The van der Waals surface area contributed by atoms with Gasteiger partial charge in [0.15, 0.2) is 0 Å². The smallest absolute Gasteiger partial charge is 0.331 e. The molecule has 3 heterocycles. The molecule has 0 bridgehead atoms. The van der Waals surface area contributed by atoms with E-state index in [1.807, 2.05) is 0 Å². The molecule has 2 saturated heterocycles. The fourth-order valence-corrected chi connectivity index (χ4v) is 10.4. The van der Waals surface area contributed by atoms with Crippen molar-refractivity contribution in [2.45, 2.75) is 107 Å². The standard InChI is InChI=1S/C29H42O10/c1-26-6-4-19-20(28(26,34)7-5-18(26)15-8-24(33)36-13-15)3-2-16-9-21-22(11-27(16,19)14-31)39-29(35)23(32)10-17(12-30)37-25(29)38-21/h8,16-23,25,30-32,34-35H,2-7,9-14H2,1H3/t16-,17-,18+,19?,20?,21+,22+,23+,25-,26+,27?,28-,29-/m0/s1. The third-order valence-electron chi connectivity index (χ3n) is 12.4. The van der Waals surface area contributed by atoms with Gasteiger partial charge in [0, 0.05) is 29.9 Å². The van der Waals surface area contributed by atoms with Crippen molar-refractivity contribution in [1.29, 1.82) is 0 Å². The molecule has 0 aromatic carbocycles. The topological polar surface area (TPSA) is 155 Å². The number of carbonyl (C=O) groups is 1. The Morgan fingerprint density at radius 1 is 1.00 bits per heavy atom. The van der Waals surface area contributed by atoms with Gasteiger partial charge in [-0.1, -0.05) is 6.92 Å². The first-order chi connectivity index (χ1) is 18.6. The van der Waals surface area contributed by atoms with E-state index in [9.17, 15) is 30.3 Å². The van der Waals surface area contributed by atoms with Crippen molar-refractivity contribution >= 4 is 5.97 Å². The van der Waals surface area contributed by atoms with Crippen molar-refractivity contribution in [2.24, 2.45) is 34.5 Å². The molecule has 218 valence electrons. The summed E-state index contributed by atoms with van der Waals surface area (Å²) in [5.74, 6) is -1.99. The molecular weight excluding hydrogens is 508 g/mol. The van der Waals surface area contributed by atoms with Crippen LogP contribution < -0.4 is 0 Å². The molecule has 4 saturated carbocycles. The van der Waals surface area contributed by atoms with Crippen LogP contribution in [0.25, 0.3) is 0 Å². The molecule has 39 heavy (non-hydrogen) atoms. The Bertz CT molecular complexity index is 1050. The van der Waals surface area contributed by atoms with Crippen molar-refractivity contribution in [1.82, 2.24) is 0 Å². The molecule has 0 spiro atoms. The number of carbonyl (C=O) groups excluding carboxylic acids is 1. The Labute approximate surface area is 228 Å². The molecule has 5 N–H and O–H groups in total. The summed E-state index contributed by atoms with van der Waals surface area (Å²) >= 11 is 0. The highest BCUT2D eigenvalue weighted by Crippen LogP contribution is 2.70. The van der Waals surface area contributed by atoms with Crippen LogP contribution >= 0.6 is 0 Å². The number of rotatable bonds is 3. The molecule has 0 aromatic rings. The van der Waals surface area contributed by atoms with E-state index in [2.05, 4.69) is 6.92 Å². The van der Waals surface area contributed by atoms with Gasteiger partial charge < -0.3 is 44.5 Å². The van der Waals surface area contributed by atoms with Crippen LogP contribution in [-0.4, -0.2) is 93.4 Å². The molecule has 3 unspecified atom stereocenters. The summed E-state index contributed by atoms with van der Waals surface area (Å²) in [4.78, 5) is 11.8. The molecule has 7 aliphatic rings. The maximum Gasteiger partial charge on any atom is 0.331 e. The molecule has 6 fully saturated rings. The monoisotopic (exact) mass is 550 g/mol. The summed E-state index contributed by atoms with van der Waals surface area (Å²) in [7, 11) is 0. The Hall–Kier alpha value is -1.11. The van der Waals surface area contributed by atoms with E-state index >= 15 is 0 Å². The normalized spacial score (nSPS) is 56.4. The second kappa shape index (κ2) is 8.94. The second-order valence-electron chi connectivity index (χ2n) is 13.7. The van der Waals surface area contributed by atoms with E-state index in [4.69, 9.17) is 18.9 Å². The largest absolute Gasteiger partial charge is 0.458 e. The summed E-state index contributed by atoms with van der Waals surface area (Å²) in [6, 6.07) is 0. The summed E-state index contributed by atoms with van der Waals surface area (Å²) in [5, 5.41) is 55.1. The fraction of sp³-hybridized carbons (Fsp3) is 0.897. The molecule has 0 aromatic heterocycles. The highest BCUT2D eigenvalue weighted by Gasteiger charge is 2.70. The maximum absolute atomic E-state index is 12.5. The van der Waals surface area contributed by atoms with E-state index in [1.54, 1.807) is 6.08 Å². The van der Waals surface area contributed by atoms with Gasteiger partial charge in [-0.15, -0.1) is 0 Å². The van der Waals surface area contributed by atoms with Gasteiger partial charge in [-0.25, -0.2) is 4.79 Å². The van der Waals surface area contributed by atoms with Gasteiger partial charge in [-0.2, -0.15) is 0 Å². The maximum atomic E-state index is 12.5. The zero-order valence-corrected chi connectivity index (χ0v) is 22.5. The first-order valence-corrected chi connectivity index (χ1v) is 14.8. The minimum Gasteiger partial charge on any atom is -0.458 e. The second-order valence-corrected chi connectivity index (χ2v) is 13.7. The van der Waals surface area contributed by atoms with E-state index in [-0.39, 0.29) is 60.8 Å². The fourth-order valence-electron chi connectivity index (χ4n) is 10.4. The lowest BCUT2D eigenvalue weighted by Gasteiger charge is -2.66. The lowest BCUT2D eigenvalue weighted by atomic mass is 9.42. The first-order valence-electron chi connectivity index (χ1n) is 14.8. The molecule has 0 amide bonds. The number of fused-ring (bicyclic) bond motifs is 7. The SMILES string of the molecule is C[C@]12CCC3C(CC[C@H]4C[C@H]5O[C@@H]6O[C@H](CO)C[C@@H](O)[C@]6(O)O[C@@H]5CC34CO)[C@@]1(O)CC[C@@H]2C1=CC(=O)OC1. The lowest BCUT2D eigenvalue weighted by Crippen LogP contribution is -2.71. The molecule has 13 atom stereocenters. The average Bonchev–Trinajstić information content (AvgIpc) is 3.46. The number of hydrogen-bond donors (Lipinski definition) is 5. The minimum atomic E-state index is -2.04. The van der Waals surface area contributed by atoms with Crippen molar-refractivity contribution < 1.29 is 49.3 Å². The predicted octanol–water partition coefficient (Wildman–Crippen LogP) is 0.767. The zero-order valence-electron chi connectivity index (χ0n) is 22.5. The Morgan fingerprint density at radius 3 is 2.54 bits per heavy atom. The van der Waals surface area contributed by atoms with Crippen LogP contribution in [0.15, 0.2) is 11.6 Å². The third kappa shape index (κ3) is 3.52.